The zero-order chi connectivity index (χ0) is 15.1. The molecule has 108 valence electrons. The molecule has 0 aliphatic rings. The Morgan fingerprint density at radius 3 is 2.67 bits per heavy atom. The van der Waals surface area contributed by atoms with Crippen LogP contribution in [0.4, 0.5) is 5.82 Å². The van der Waals surface area contributed by atoms with E-state index in [0.717, 1.165) is 18.7 Å². The van der Waals surface area contributed by atoms with Crippen LogP contribution in [0.2, 0.25) is 5.02 Å². The van der Waals surface area contributed by atoms with Crippen molar-refractivity contribution in [1.82, 2.24) is 9.97 Å². The number of benzene rings is 1. The van der Waals surface area contributed by atoms with Gasteiger partial charge in [-0.25, -0.2) is 9.97 Å². The Labute approximate surface area is 128 Å². The van der Waals surface area contributed by atoms with E-state index in [-0.39, 0.29) is 0 Å². The molecule has 0 spiro atoms. The van der Waals surface area contributed by atoms with E-state index in [0.29, 0.717) is 23.1 Å². The van der Waals surface area contributed by atoms with Crippen molar-refractivity contribution in [2.75, 3.05) is 25.1 Å². The first-order valence-corrected chi connectivity index (χ1v) is 6.89. The number of nitriles is 1. The maximum absolute atomic E-state index is 9.00. The molecule has 0 aliphatic heterocycles. The number of halogens is 1. The number of aromatic nitrogens is 2. The fourth-order valence-corrected chi connectivity index (χ4v) is 1.94. The van der Waals surface area contributed by atoms with Crippen molar-refractivity contribution < 1.29 is 4.74 Å². The maximum Gasteiger partial charge on any atom is 0.183 e. The first kappa shape index (κ1) is 15.1. The minimum atomic E-state index is 0.332. The lowest BCUT2D eigenvalue weighted by atomic mass is 10.3. The van der Waals surface area contributed by atoms with Gasteiger partial charge in [-0.05, 0) is 30.7 Å². The van der Waals surface area contributed by atoms with Crippen LogP contribution in [0.3, 0.4) is 0 Å². The summed E-state index contributed by atoms with van der Waals surface area (Å²) in [5.41, 5.74) is 0.332. The van der Waals surface area contributed by atoms with Gasteiger partial charge in [0.2, 0.25) is 0 Å². The number of rotatable bonds is 6. The molecule has 0 atom stereocenters. The zero-order valence-electron chi connectivity index (χ0n) is 11.7. The van der Waals surface area contributed by atoms with E-state index in [2.05, 4.69) is 9.97 Å². The van der Waals surface area contributed by atoms with E-state index in [9.17, 15) is 0 Å². The van der Waals surface area contributed by atoms with Gasteiger partial charge in [0, 0.05) is 31.0 Å². The summed E-state index contributed by atoms with van der Waals surface area (Å²) in [6, 6.07) is 9.30. The SMILES string of the molecule is CN(CCCOc1ccc(Cl)cc1)c1nccnc1C#N. The van der Waals surface area contributed by atoms with Crippen molar-refractivity contribution in [3.63, 3.8) is 0 Å². The summed E-state index contributed by atoms with van der Waals surface area (Å²) < 4.78 is 5.62. The summed E-state index contributed by atoms with van der Waals surface area (Å²) in [5, 5.41) is 9.68. The lowest BCUT2D eigenvalue weighted by Crippen LogP contribution is -2.22. The van der Waals surface area contributed by atoms with Gasteiger partial charge in [-0.3, -0.25) is 0 Å². The summed E-state index contributed by atoms with van der Waals surface area (Å²) in [7, 11) is 1.88. The number of hydrogen-bond donors (Lipinski definition) is 0. The number of hydrogen-bond acceptors (Lipinski definition) is 5. The number of nitrogens with zero attached hydrogens (tertiary/aromatic N) is 4. The minimum absolute atomic E-state index is 0.332. The normalized spacial score (nSPS) is 9.95. The molecule has 0 aliphatic carbocycles. The molecule has 0 unspecified atom stereocenters. The Bertz CT molecular complexity index is 624. The summed E-state index contributed by atoms with van der Waals surface area (Å²) in [4.78, 5) is 10.1. The van der Waals surface area contributed by atoms with Gasteiger partial charge in [-0.15, -0.1) is 0 Å². The molecule has 0 saturated carbocycles. The molecule has 6 heteroatoms. The van der Waals surface area contributed by atoms with Gasteiger partial charge in [0.25, 0.3) is 0 Å². The Morgan fingerprint density at radius 2 is 1.95 bits per heavy atom. The second kappa shape index (κ2) is 7.46. The van der Waals surface area contributed by atoms with Crippen molar-refractivity contribution in [2.24, 2.45) is 0 Å². The Hall–Kier alpha value is -2.32. The van der Waals surface area contributed by atoms with Crippen molar-refractivity contribution in [3.05, 3.63) is 47.4 Å². The van der Waals surface area contributed by atoms with Crippen LogP contribution >= 0.6 is 11.6 Å². The summed E-state index contributed by atoms with van der Waals surface area (Å²) >= 11 is 5.81. The summed E-state index contributed by atoms with van der Waals surface area (Å²) in [6.07, 6.45) is 3.90. The lowest BCUT2D eigenvalue weighted by molar-refractivity contribution is 0.312. The van der Waals surface area contributed by atoms with E-state index in [4.69, 9.17) is 21.6 Å². The third kappa shape index (κ3) is 4.33. The molecule has 0 fully saturated rings. The largest absolute Gasteiger partial charge is 0.494 e. The Kier molecular flexibility index (Phi) is 5.35. The molecule has 2 rings (SSSR count). The van der Waals surface area contributed by atoms with Crippen molar-refractivity contribution in [2.45, 2.75) is 6.42 Å². The van der Waals surface area contributed by atoms with Gasteiger partial charge in [-0.2, -0.15) is 5.26 Å². The van der Waals surface area contributed by atoms with E-state index >= 15 is 0 Å². The van der Waals surface area contributed by atoms with Gasteiger partial charge in [0.15, 0.2) is 11.5 Å². The van der Waals surface area contributed by atoms with Crippen molar-refractivity contribution in [3.8, 4) is 11.8 Å². The monoisotopic (exact) mass is 302 g/mol. The zero-order valence-corrected chi connectivity index (χ0v) is 12.4. The van der Waals surface area contributed by atoms with E-state index in [1.165, 1.54) is 6.20 Å². The van der Waals surface area contributed by atoms with E-state index in [1.54, 1.807) is 18.3 Å². The topological polar surface area (TPSA) is 62.0 Å². The standard InChI is InChI=1S/C15H15ClN4O/c1-20(15-14(11-17)18-7-8-19-15)9-2-10-21-13-5-3-12(16)4-6-13/h3-8H,2,9-10H2,1H3. The van der Waals surface area contributed by atoms with Gasteiger partial charge >= 0.3 is 0 Å². The van der Waals surface area contributed by atoms with Crippen molar-refractivity contribution >= 4 is 17.4 Å². The quantitative estimate of drug-likeness (QED) is 0.768. The molecule has 5 nitrogen and oxygen atoms in total. The Balaban J connectivity index is 1.80. The van der Waals surface area contributed by atoms with Crippen LogP contribution in [0.5, 0.6) is 5.75 Å². The third-order valence-corrected chi connectivity index (χ3v) is 3.12. The molecule has 2 aromatic rings. The first-order chi connectivity index (χ1) is 10.2. The van der Waals surface area contributed by atoms with Crippen LogP contribution in [0.1, 0.15) is 12.1 Å². The molecule has 0 bridgehead atoms. The lowest BCUT2D eigenvalue weighted by Gasteiger charge is -2.18. The molecular formula is C15H15ClN4O. The molecule has 1 heterocycles. The molecule has 0 radical (unpaired) electrons. The number of anilines is 1. The van der Waals surface area contributed by atoms with Crippen LogP contribution in [-0.4, -0.2) is 30.2 Å². The molecule has 0 N–H and O–H groups in total. The molecule has 0 amide bonds. The average Bonchev–Trinajstić information content (AvgIpc) is 2.53. The highest BCUT2D eigenvalue weighted by Crippen LogP contribution is 2.16. The molecular weight excluding hydrogens is 288 g/mol. The van der Waals surface area contributed by atoms with Crippen LogP contribution in [0, 0.1) is 11.3 Å². The fourth-order valence-electron chi connectivity index (χ4n) is 1.82. The predicted octanol–water partition coefficient (Wildman–Crippen LogP) is 2.91. The Morgan fingerprint density at radius 1 is 1.24 bits per heavy atom. The van der Waals surface area contributed by atoms with E-state index in [1.807, 2.05) is 30.1 Å². The van der Waals surface area contributed by atoms with Crippen LogP contribution in [0.25, 0.3) is 0 Å². The number of ether oxygens (including phenoxy) is 1. The van der Waals surface area contributed by atoms with Crippen molar-refractivity contribution in [1.29, 1.82) is 5.26 Å². The highest BCUT2D eigenvalue weighted by Gasteiger charge is 2.09. The maximum atomic E-state index is 9.00. The fraction of sp³-hybridized carbons (Fsp3) is 0.267. The van der Waals surface area contributed by atoms with Crippen LogP contribution in [-0.2, 0) is 0 Å². The molecule has 1 aromatic carbocycles. The van der Waals surface area contributed by atoms with E-state index < -0.39 is 0 Å². The average molecular weight is 303 g/mol. The highest BCUT2D eigenvalue weighted by atomic mass is 35.5. The first-order valence-electron chi connectivity index (χ1n) is 6.51. The summed E-state index contributed by atoms with van der Waals surface area (Å²) in [5.74, 6) is 1.38. The van der Waals surface area contributed by atoms with Crippen LogP contribution in [0.15, 0.2) is 36.7 Å². The van der Waals surface area contributed by atoms with Gasteiger partial charge in [-0.1, -0.05) is 11.6 Å². The second-order valence-electron chi connectivity index (χ2n) is 4.42. The predicted molar refractivity (Wildman–Crippen MR) is 81.6 cm³/mol. The third-order valence-electron chi connectivity index (χ3n) is 2.87. The van der Waals surface area contributed by atoms with Gasteiger partial charge < -0.3 is 9.64 Å². The molecule has 1 aromatic heterocycles. The summed E-state index contributed by atoms with van der Waals surface area (Å²) in [6.45, 7) is 1.30. The second-order valence-corrected chi connectivity index (χ2v) is 4.85. The highest BCUT2D eigenvalue weighted by molar-refractivity contribution is 6.30. The van der Waals surface area contributed by atoms with Gasteiger partial charge in [0.1, 0.15) is 11.8 Å². The smallest absolute Gasteiger partial charge is 0.183 e. The van der Waals surface area contributed by atoms with Gasteiger partial charge in [0.05, 0.1) is 6.61 Å². The molecule has 21 heavy (non-hydrogen) atoms. The van der Waals surface area contributed by atoms with Crippen LogP contribution < -0.4 is 9.64 Å². The minimum Gasteiger partial charge on any atom is -0.494 e. The molecule has 0 saturated heterocycles.